The number of nitrogens with zero attached hydrogens (tertiary/aromatic N) is 1. The first-order valence-electron chi connectivity index (χ1n) is 17.8. The molecular formula is C49H31NOS. The Labute approximate surface area is 305 Å². The third-order valence-corrected chi connectivity index (χ3v) is 12.0. The summed E-state index contributed by atoms with van der Waals surface area (Å²) in [6.45, 7) is 0. The fraction of sp³-hybridized carbons (Fsp3) is 0.0204. The zero-order valence-electron chi connectivity index (χ0n) is 28.2. The van der Waals surface area contributed by atoms with Crippen LogP contribution in [0.4, 0.5) is 17.1 Å². The lowest BCUT2D eigenvalue weighted by atomic mass is 9.67. The molecule has 10 aromatic rings. The predicted molar refractivity (Wildman–Crippen MR) is 219 cm³/mol. The maximum absolute atomic E-state index is 6.84. The summed E-state index contributed by atoms with van der Waals surface area (Å²) in [5.74, 6) is 0. The molecule has 2 heterocycles. The van der Waals surface area contributed by atoms with Gasteiger partial charge in [-0.15, -0.1) is 11.3 Å². The number of rotatable bonds is 5. The van der Waals surface area contributed by atoms with E-state index in [1.165, 1.54) is 53.6 Å². The van der Waals surface area contributed by atoms with E-state index < -0.39 is 5.41 Å². The molecule has 0 N–H and O–H groups in total. The molecule has 3 heteroatoms. The van der Waals surface area contributed by atoms with E-state index in [1.54, 1.807) is 0 Å². The molecule has 11 rings (SSSR count). The van der Waals surface area contributed by atoms with Crippen LogP contribution in [0.25, 0.3) is 53.2 Å². The number of furan rings is 1. The molecule has 8 aromatic carbocycles. The highest BCUT2D eigenvalue weighted by atomic mass is 32.1. The van der Waals surface area contributed by atoms with Crippen LogP contribution in [0.5, 0.6) is 0 Å². The predicted octanol–water partition coefficient (Wildman–Crippen LogP) is 13.8. The van der Waals surface area contributed by atoms with E-state index in [-0.39, 0.29) is 0 Å². The molecule has 1 aliphatic rings. The maximum atomic E-state index is 6.84. The maximum Gasteiger partial charge on any atom is 0.146 e. The van der Waals surface area contributed by atoms with Crippen molar-refractivity contribution in [3.05, 3.63) is 210 Å². The summed E-state index contributed by atoms with van der Waals surface area (Å²) < 4.78 is 9.31. The lowest BCUT2D eigenvalue weighted by Crippen LogP contribution is -2.28. The number of hydrogen-bond acceptors (Lipinski definition) is 3. The van der Waals surface area contributed by atoms with E-state index in [2.05, 4.69) is 193 Å². The molecular weight excluding hydrogens is 651 g/mol. The molecule has 0 aliphatic heterocycles. The third kappa shape index (κ3) is 4.06. The largest absolute Gasteiger partial charge is 0.455 e. The van der Waals surface area contributed by atoms with Gasteiger partial charge in [0.2, 0.25) is 0 Å². The Kier molecular flexibility index (Phi) is 6.37. The summed E-state index contributed by atoms with van der Waals surface area (Å²) in [5.41, 5.74) is 12.3. The summed E-state index contributed by atoms with van der Waals surface area (Å²) in [4.78, 5) is 2.44. The van der Waals surface area contributed by atoms with Crippen LogP contribution >= 0.6 is 11.3 Å². The Morgan fingerprint density at radius 3 is 1.83 bits per heavy atom. The minimum absolute atomic E-state index is 0.500. The second kappa shape index (κ2) is 11.3. The highest BCUT2D eigenvalue weighted by Gasteiger charge is 2.46. The first-order chi connectivity index (χ1) is 25.8. The van der Waals surface area contributed by atoms with Gasteiger partial charge in [-0.2, -0.15) is 0 Å². The summed E-state index contributed by atoms with van der Waals surface area (Å²) in [5, 5.41) is 4.65. The van der Waals surface area contributed by atoms with E-state index in [9.17, 15) is 0 Å². The van der Waals surface area contributed by atoms with Crippen LogP contribution in [-0.4, -0.2) is 0 Å². The zero-order valence-corrected chi connectivity index (χ0v) is 29.0. The van der Waals surface area contributed by atoms with Crippen molar-refractivity contribution in [3.8, 4) is 11.1 Å². The van der Waals surface area contributed by atoms with Gasteiger partial charge in [-0.25, -0.2) is 0 Å². The second-order valence-corrected chi connectivity index (χ2v) is 14.7. The molecule has 0 saturated heterocycles. The molecule has 0 atom stereocenters. The minimum atomic E-state index is -0.500. The molecule has 0 bridgehead atoms. The lowest BCUT2D eigenvalue weighted by Gasteiger charge is -2.35. The van der Waals surface area contributed by atoms with Crippen LogP contribution in [0.1, 0.15) is 22.3 Å². The van der Waals surface area contributed by atoms with Crippen molar-refractivity contribution in [2.75, 3.05) is 4.90 Å². The Hall–Kier alpha value is -6.42. The Bertz CT molecular complexity index is 2920. The molecule has 0 fully saturated rings. The van der Waals surface area contributed by atoms with Gasteiger partial charge in [-0.1, -0.05) is 146 Å². The smallest absolute Gasteiger partial charge is 0.146 e. The highest BCUT2D eigenvalue weighted by molar-refractivity contribution is 7.26. The molecule has 2 aromatic heterocycles. The minimum Gasteiger partial charge on any atom is -0.455 e. The van der Waals surface area contributed by atoms with Crippen molar-refractivity contribution in [1.82, 2.24) is 0 Å². The van der Waals surface area contributed by atoms with Crippen LogP contribution in [0.3, 0.4) is 0 Å². The topological polar surface area (TPSA) is 16.4 Å². The monoisotopic (exact) mass is 681 g/mol. The average Bonchev–Trinajstić information content (AvgIpc) is 3.87. The van der Waals surface area contributed by atoms with Gasteiger partial charge >= 0.3 is 0 Å². The van der Waals surface area contributed by atoms with Gasteiger partial charge in [0.15, 0.2) is 0 Å². The van der Waals surface area contributed by atoms with Gasteiger partial charge in [0.05, 0.1) is 16.5 Å². The second-order valence-electron chi connectivity index (χ2n) is 13.6. The third-order valence-electron chi connectivity index (χ3n) is 10.9. The van der Waals surface area contributed by atoms with Gasteiger partial charge in [0.1, 0.15) is 11.2 Å². The molecule has 0 spiro atoms. The summed E-state index contributed by atoms with van der Waals surface area (Å²) in [6, 6.07) is 68.4. The van der Waals surface area contributed by atoms with Crippen LogP contribution in [0.2, 0.25) is 0 Å². The highest BCUT2D eigenvalue weighted by Crippen LogP contribution is 2.58. The number of benzene rings is 8. The van der Waals surface area contributed by atoms with E-state index in [0.29, 0.717) is 0 Å². The van der Waals surface area contributed by atoms with Crippen LogP contribution in [-0.2, 0) is 5.41 Å². The van der Waals surface area contributed by atoms with Crippen molar-refractivity contribution in [2.45, 2.75) is 5.41 Å². The summed E-state index contributed by atoms with van der Waals surface area (Å²) in [7, 11) is 0. The van der Waals surface area contributed by atoms with Crippen LogP contribution in [0.15, 0.2) is 192 Å². The molecule has 244 valence electrons. The fourth-order valence-electron chi connectivity index (χ4n) is 8.82. The Balaban J connectivity index is 1.26. The molecule has 0 amide bonds. The molecule has 2 nitrogen and oxygen atoms in total. The van der Waals surface area contributed by atoms with Crippen LogP contribution in [0, 0.1) is 0 Å². The summed E-state index contributed by atoms with van der Waals surface area (Å²) in [6.07, 6.45) is 0. The first-order valence-corrected chi connectivity index (χ1v) is 18.6. The van der Waals surface area contributed by atoms with Gasteiger partial charge in [0, 0.05) is 36.9 Å². The normalized spacial score (nSPS) is 13.2. The van der Waals surface area contributed by atoms with Crippen LogP contribution < -0.4 is 4.90 Å². The first kappa shape index (κ1) is 29.3. The van der Waals surface area contributed by atoms with Crippen molar-refractivity contribution >= 4 is 70.5 Å². The standard InChI is InChI=1S/C49H31NOS/c1-4-16-32(17-5-1)49(33-18-6-2-7-19-33)40-25-13-10-22-36(40)37-29-28-35(30-41(37)49)50(34-20-8-3-9-21-34)42-31-45-47(39-24-12-15-27-44(39)52-45)48-46(42)38-23-11-14-26-43(38)51-48/h1-31H. The number of thiophene rings is 1. The van der Waals surface area contributed by atoms with Gasteiger partial charge in [0.25, 0.3) is 0 Å². The average molecular weight is 682 g/mol. The van der Waals surface area contributed by atoms with Crippen molar-refractivity contribution in [3.63, 3.8) is 0 Å². The van der Waals surface area contributed by atoms with Gasteiger partial charge < -0.3 is 9.32 Å². The molecule has 0 unspecified atom stereocenters. The number of hydrogen-bond donors (Lipinski definition) is 0. The van der Waals surface area contributed by atoms with E-state index in [4.69, 9.17) is 4.42 Å². The fourth-order valence-corrected chi connectivity index (χ4v) is 9.96. The molecule has 1 aliphatic carbocycles. The molecule has 0 radical (unpaired) electrons. The van der Waals surface area contributed by atoms with Gasteiger partial charge in [-0.3, -0.25) is 0 Å². The molecule has 0 saturated carbocycles. The van der Waals surface area contributed by atoms with Crippen molar-refractivity contribution in [2.24, 2.45) is 0 Å². The van der Waals surface area contributed by atoms with Crippen molar-refractivity contribution in [1.29, 1.82) is 0 Å². The Morgan fingerprint density at radius 1 is 0.442 bits per heavy atom. The van der Waals surface area contributed by atoms with E-state index in [1.807, 2.05) is 11.3 Å². The van der Waals surface area contributed by atoms with E-state index >= 15 is 0 Å². The lowest BCUT2D eigenvalue weighted by molar-refractivity contribution is 0.673. The van der Waals surface area contributed by atoms with Gasteiger partial charge in [-0.05, 0) is 75.8 Å². The van der Waals surface area contributed by atoms with Crippen molar-refractivity contribution < 1.29 is 4.42 Å². The van der Waals surface area contributed by atoms with E-state index in [0.717, 1.165) is 39.0 Å². The zero-order chi connectivity index (χ0) is 34.2. The Morgan fingerprint density at radius 2 is 1.06 bits per heavy atom. The number of para-hydroxylation sites is 2. The quantitative estimate of drug-likeness (QED) is 0.180. The SMILES string of the molecule is c1ccc(N(c2ccc3c(c2)C(c2ccccc2)(c2ccccc2)c2ccccc2-3)c2cc3sc4ccccc4c3c3oc4ccccc4c23)cc1. The number of fused-ring (bicyclic) bond motifs is 10. The molecule has 52 heavy (non-hydrogen) atoms. The number of anilines is 3. The summed E-state index contributed by atoms with van der Waals surface area (Å²) >= 11 is 1.83.